The second-order valence-electron chi connectivity index (χ2n) is 4.55. The number of carbonyl (C=O) groups excluding carboxylic acids is 1. The smallest absolute Gasteiger partial charge is 0.220 e. The van der Waals surface area contributed by atoms with Gasteiger partial charge in [0.25, 0.3) is 0 Å². The van der Waals surface area contributed by atoms with Gasteiger partial charge in [0.05, 0.1) is 0 Å². The molecule has 3 nitrogen and oxygen atoms in total. The molecule has 1 aliphatic rings. The second kappa shape index (κ2) is 8.34. The van der Waals surface area contributed by atoms with Crippen LogP contribution in [0, 0.1) is 5.92 Å². The molecule has 1 rings (SSSR count). The fraction of sp³-hybridized carbons (Fsp3) is 0.769. The number of hydrogen-bond acceptors (Lipinski definition) is 2. The average molecular weight is 224 g/mol. The lowest BCUT2D eigenvalue weighted by molar-refractivity contribution is -0.121. The van der Waals surface area contributed by atoms with E-state index in [1.807, 2.05) is 12.2 Å². The van der Waals surface area contributed by atoms with Gasteiger partial charge < -0.3 is 11.1 Å². The highest BCUT2D eigenvalue weighted by molar-refractivity contribution is 5.75. The summed E-state index contributed by atoms with van der Waals surface area (Å²) in [6, 6.07) is 0. The molecule has 16 heavy (non-hydrogen) atoms. The SMILES string of the molecule is NC/C=C/CNC(=O)CCC1CCCCC1. The van der Waals surface area contributed by atoms with Crippen molar-refractivity contribution in [1.29, 1.82) is 0 Å². The van der Waals surface area contributed by atoms with Crippen LogP contribution in [0.3, 0.4) is 0 Å². The summed E-state index contributed by atoms with van der Waals surface area (Å²) in [7, 11) is 0. The Morgan fingerprint density at radius 2 is 2.00 bits per heavy atom. The molecule has 3 heteroatoms. The maximum Gasteiger partial charge on any atom is 0.220 e. The molecular formula is C13H24N2O. The van der Waals surface area contributed by atoms with Crippen molar-refractivity contribution in [2.24, 2.45) is 11.7 Å². The average Bonchev–Trinajstić information content (AvgIpc) is 2.33. The van der Waals surface area contributed by atoms with E-state index < -0.39 is 0 Å². The molecule has 92 valence electrons. The number of carbonyl (C=O) groups is 1. The van der Waals surface area contributed by atoms with Crippen molar-refractivity contribution in [1.82, 2.24) is 5.32 Å². The van der Waals surface area contributed by atoms with Crippen molar-refractivity contribution in [3.63, 3.8) is 0 Å². The van der Waals surface area contributed by atoms with E-state index in [4.69, 9.17) is 5.73 Å². The van der Waals surface area contributed by atoms with Crippen LogP contribution in [-0.2, 0) is 4.79 Å². The van der Waals surface area contributed by atoms with Crippen molar-refractivity contribution >= 4 is 5.91 Å². The highest BCUT2D eigenvalue weighted by Gasteiger charge is 2.14. The minimum Gasteiger partial charge on any atom is -0.353 e. The molecule has 1 aliphatic carbocycles. The van der Waals surface area contributed by atoms with Gasteiger partial charge in [0.1, 0.15) is 0 Å². The highest BCUT2D eigenvalue weighted by Crippen LogP contribution is 2.26. The standard InChI is InChI=1S/C13H24N2O/c14-10-4-5-11-15-13(16)9-8-12-6-2-1-3-7-12/h4-5,12H,1-3,6-11,14H2,(H,15,16)/b5-4+. The molecule has 0 unspecified atom stereocenters. The van der Waals surface area contributed by atoms with Gasteiger partial charge in [0.2, 0.25) is 5.91 Å². The molecule has 0 radical (unpaired) electrons. The molecule has 0 aliphatic heterocycles. The molecule has 0 aromatic carbocycles. The van der Waals surface area contributed by atoms with Crippen molar-refractivity contribution in [3.8, 4) is 0 Å². The van der Waals surface area contributed by atoms with Crippen LogP contribution in [-0.4, -0.2) is 19.0 Å². The minimum atomic E-state index is 0.173. The third kappa shape index (κ3) is 5.91. The van der Waals surface area contributed by atoms with Crippen LogP contribution < -0.4 is 11.1 Å². The highest BCUT2D eigenvalue weighted by atomic mass is 16.1. The van der Waals surface area contributed by atoms with E-state index in [1.165, 1.54) is 32.1 Å². The lowest BCUT2D eigenvalue weighted by Gasteiger charge is -2.20. The maximum atomic E-state index is 11.5. The zero-order chi connectivity index (χ0) is 11.6. The second-order valence-corrected chi connectivity index (χ2v) is 4.55. The van der Waals surface area contributed by atoms with E-state index in [-0.39, 0.29) is 5.91 Å². The lowest BCUT2D eigenvalue weighted by Crippen LogP contribution is -2.24. The molecular weight excluding hydrogens is 200 g/mol. The van der Waals surface area contributed by atoms with E-state index >= 15 is 0 Å². The Bertz CT molecular complexity index is 220. The van der Waals surface area contributed by atoms with E-state index in [0.29, 0.717) is 19.5 Å². The quantitative estimate of drug-likeness (QED) is 0.678. The van der Waals surface area contributed by atoms with E-state index in [1.54, 1.807) is 0 Å². The summed E-state index contributed by atoms with van der Waals surface area (Å²) in [6.45, 7) is 1.15. The monoisotopic (exact) mass is 224 g/mol. The van der Waals surface area contributed by atoms with Crippen LogP contribution in [0.1, 0.15) is 44.9 Å². The first-order valence-corrected chi connectivity index (χ1v) is 6.44. The topological polar surface area (TPSA) is 55.1 Å². The van der Waals surface area contributed by atoms with Gasteiger partial charge in [-0.05, 0) is 12.3 Å². The number of amides is 1. The summed E-state index contributed by atoms with van der Waals surface area (Å²) < 4.78 is 0. The fourth-order valence-electron chi connectivity index (χ4n) is 2.25. The molecule has 0 saturated heterocycles. The molecule has 1 fully saturated rings. The summed E-state index contributed by atoms with van der Waals surface area (Å²) in [4.78, 5) is 11.5. The minimum absolute atomic E-state index is 0.173. The van der Waals surface area contributed by atoms with E-state index in [0.717, 1.165) is 12.3 Å². The molecule has 0 aromatic heterocycles. The molecule has 0 bridgehead atoms. The Morgan fingerprint density at radius 1 is 1.25 bits per heavy atom. The molecule has 1 saturated carbocycles. The first kappa shape index (κ1) is 13.2. The van der Waals surface area contributed by atoms with Crippen molar-refractivity contribution < 1.29 is 4.79 Å². The molecule has 0 atom stereocenters. The molecule has 3 N–H and O–H groups in total. The van der Waals surface area contributed by atoms with Crippen molar-refractivity contribution in [2.45, 2.75) is 44.9 Å². The Hall–Kier alpha value is -0.830. The number of nitrogens with two attached hydrogens (primary N) is 1. The zero-order valence-corrected chi connectivity index (χ0v) is 10.1. The molecule has 0 heterocycles. The summed E-state index contributed by atoms with van der Waals surface area (Å²) in [5.74, 6) is 0.964. The summed E-state index contributed by atoms with van der Waals surface area (Å²) in [5, 5.41) is 2.88. The maximum absolute atomic E-state index is 11.5. The Morgan fingerprint density at radius 3 is 2.69 bits per heavy atom. The fourth-order valence-corrected chi connectivity index (χ4v) is 2.25. The summed E-state index contributed by atoms with van der Waals surface area (Å²) in [6.07, 6.45) is 12.2. The van der Waals surface area contributed by atoms with Crippen LogP contribution in [0.2, 0.25) is 0 Å². The van der Waals surface area contributed by atoms with Crippen LogP contribution in [0.25, 0.3) is 0 Å². The van der Waals surface area contributed by atoms with Crippen molar-refractivity contribution in [3.05, 3.63) is 12.2 Å². The number of rotatable bonds is 6. The largest absolute Gasteiger partial charge is 0.353 e. The number of hydrogen-bond donors (Lipinski definition) is 2. The van der Waals surface area contributed by atoms with Gasteiger partial charge in [-0.25, -0.2) is 0 Å². The van der Waals surface area contributed by atoms with Crippen LogP contribution in [0.5, 0.6) is 0 Å². The van der Waals surface area contributed by atoms with Crippen LogP contribution in [0.15, 0.2) is 12.2 Å². The zero-order valence-electron chi connectivity index (χ0n) is 10.1. The molecule has 1 amide bonds. The predicted molar refractivity (Wildman–Crippen MR) is 67.0 cm³/mol. The third-order valence-electron chi connectivity index (χ3n) is 3.22. The lowest BCUT2D eigenvalue weighted by atomic mass is 9.86. The van der Waals surface area contributed by atoms with Crippen molar-refractivity contribution in [2.75, 3.05) is 13.1 Å². The van der Waals surface area contributed by atoms with Gasteiger partial charge in [-0.1, -0.05) is 44.3 Å². The Balaban J connectivity index is 2.02. The van der Waals surface area contributed by atoms with Gasteiger partial charge in [0, 0.05) is 19.5 Å². The first-order chi connectivity index (χ1) is 7.83. The van der Waals surface area contributed by atoms with E-state index in [2.05, 4.69) is 5.32 Å². The van der Waals surface area contributed by atoms with E-state index in [9.17, 15) is 4.79 Å². The molecule has 0 spiro atoms. The van der Waals surface area contributed by atoms with Crippen LogP contribution in [0.4, 0.5) is 0 Å². The number of nitrogens with one attached hydrogen (secondary N) is 1. The van der Waals surface area contributed by atoms with Gasteiger partial charge in [-0.15, -0.1) is 0 Å². The summed E-state index contributed by atoms with van der Waals surface area (Å²) >= 11 is 0. The Labute approximate surface area is 98.5 Å². The summed E-state index contributed by atoms with van der Waals surface area (Å²) in [5.41, 5.74) is 5.30. The Kier molecular flexibility index (Phi) is 6.90. The normalized spacial score (nSPS) is 17.8. The van der Waals surface area contributed by atoms with Gasteiger partial charge in [-0.3, -0.25) is 4.79 Å². The van der Waals surface area contributed by atoms with Gasteiger partial charge in [0.15, 0.2) is 0 Å². The third-order valence-corrected chi connectivity index (χ3v) is 3.22. The van der Waals surface area contributed by atoms with Gasteiger partial charge >= 0.3 is 0 Å². The molecule has 0 aromatic rings. The van der Waals surface area contributed by atoms with Gasteiger partial charge in [-0.2, -0.15) is 0 Å². The van der Waals surface area contributed by atoms with Crippen LogP contribution >= 0.6 is 0 Å². The first-order valence-electron chi connectivity index (χ1n) is 6.44. The predicted octanol–water partition coefficient (Wildman–Crippen LogP) is 1.98.